The molecule has 1 N–H and O–H groups in total. The van der Waals surface area contributed by atoms with E-state index in [0.29, 0.717) is 17.1 Å². The van der Waals surface area contributed by atoms with E-state index < -0.39 is 18.0 Å². The highest BCUT2D eigenvalue weighted by atomic mass is 16.5. The zero-order valence-electron chi connectivity index (χ0n) is 16.9. The molecule has 30 heavy (non-hydrogen) atoms. The van der Waals surface area contributed by atoms with Gasteiger partial charge in [0.15, 0.2) is 6.10 Å². The van der Waals surface area contributed by atoms with E-state index in [0.717, 1.165) is 10.5 Å². The zero-order chi connectivity index (χ0) is 21.8. The molecule has 0 unspecified atom stereocenters. The molecule has 156 valence electrons. The monoisotopic (exact) mass is 410 g/mol. The third kappa shape index (κ3) is 4.48. The predicted molar refractivity (Wildman–Crippen MR) is 109 cm³/mol. The third-order valence-electron chi connectivity index (χ3n) is 4.68. The number of hydrogen-bond acceptors (Lipinski definition) is 6. The van der Waals surface area contributed by atoms with Crippen LogP contribution in [-0.2, 0) is 19.1 Å². The SMILES string of the molecule is COc1ccc(C)cc1NC(=O)[C@@H](C)OC(=O)c1ccc(N2C(=O)CCC2=O)cc1. The molecule has 2 aromatic rings. The summed E-state index contributed by atoms with van der Waals surface area (Å²) in [6.45, 7) is 3.34. The number of benzene rings is 2. The molecule has 1 aliphatic rings. The maximum atomic E-state index is 12.4. The van der Waals surface area contributed by atoms with Gasteiger partial charge in [0.05, 0.1) is 24.0 Å². The summed E-state index contributed by atoms with van der Waals surface area (Å²) in [4.78, 5) is 49.5. The van der Waals surface area contributed by atoms with Crippen LogP contribution in [-0.4, -0.2) is 36.9 Å². The average molecular weight is 410 g/mol. The van der Waals surface area contributed by atoms with Crippen molar-refractivity contribution in [3.8, 4) is 5.75 Å². The topological polar surface area (TPSA) is 102 Å². The number of hydrogen-bond donors (Lipinski definition) is 1. The number of nitrogens with one attached hydrogen (secondary N) is 1. The Labute approximate surface area is 173 Å². The molecule has 1 atom stereocenters. The molecule has 0 radical (unpaired) electrons. The first kappa shape index (κ1) is 21.0. The van der Waals surface area contributed by atoms with Crippen molar-refractivity contribution in [3.63, 3.8) is 0 Å². The van der Waals surface area contributed by atoms with E-state index in [9.17, 15) is 19.2 Å². The smallest absolute Gasteiger partial charge is 0.338 e. The van der Waals surface area contributed by atoms with Crippen LogP contribution in [0.5, 0.6) is 5.75 Å². The molecule has 2 aromatic carbocycles. The second-order valence-electron chi connectivity index (χ2n) is 6.91. The van der Waals surface area contributed by atoms with Gasteiger partial charge >= 0.3 is 5.97 Å². The molecule has 8 nitrogen and oxygen atoms in total. The first-order valence-corrected chi connectivity index (χ1v) is 9.42. The van der Waals surface area contributed by atoms with E-state index in [4.69, 9.17) is 9.47 Å². The number of rotatable bonds is 6. The number of anilines is 2. The Morgan fingerprint density at radius 3 is 2.27 bits per heavy atom. The van der Waals surface area contributed by atoms with Gasteiger partial charge in [-0.05, 0) is 55.8 Å². The summed E-state index contributed by atoms with van der Waals surface area (Å²) < 4.78 is 10.5. The van der Waals surface area contributed by atoms with Gasteiger partial charge in [-0.3, -0.25) is 19.3 Å². The van der Waals surface area contributed by atoms with Crippen LogP contribution in [0.15, 0.2) is 42.5 Å². The highest BCUT2D eigenvalue weighted by Crippen LogP contribution is 2.26. The summed E-state index contributed by atoms with van der Waals surface area (Å²) in [7, 11) is 1.50. The van der Waals surface area contributed by atoms with Crippen molar-refractivity contribution < 1.29 is 28.7 Å². The van der Waals surface area contributed by atoms with Crippen molar-refractivity contribution in [1.29, 1.82) is 0 Å². The van der Waals surface area contributed by atoms with Gasteiger partial charge in [0.2, 0.25) is 11.8 Å². The third-order valence-corrected chi connectivity index (χ3v) is 4.68. The van der Waals surface area contributed by atoms with E-state index in [1.54, 1.807) is 12.1 Å². The van der Waals surface area contributed by atoms with Crippen LogP contribution >= 0.6 is 0 Å². The lowest BCUT2D eigenvalue weighted by Gasteiger charge is -2.16. The van der Waals surface area contributed by atoms with Crippen LogP contribution < -0.4 is 15.0 Å². The predicted octanol–water partition coefficient (Wildman–Crippen LogP) is 2.84. The van der Waals surface area contributed by atoms with E-state index in [1.165, 1.54) is 38.3 Å². The normalized spacial score (nSPS) is 14.4. The van der Waals surface area contributed by atoms with Crippen LogP contribution in [0.3, 0.4) is 0 Å². The largest absolute Gasteiger partial charge is 0.495 e. The fourth-order valence-electron chi connectivity index (χ4n) is 3.05. The number of nitrogens with zero attached hydrogens (tertiary/aromatic N) is 1. The van der Waals surface area contributed by atoms with Gasteiger partial charge in [-0.15, -0.1) is 0 Å². The van der Waals surface area contributed by atoms with Crippen molar-refractivity contribution >= 4 is 35.1 Å². The van der Waals surface area contributed by atoms with Gasteiger partial charge in [0, 0.05) is 12.8 Å². The number of imide groups is 1. The second kappa shape index (κ2) is 8.77. The highest BCUT2D eigenvalue weighted by Gasteiger charge is 2.30. The number of amides is 3. The molecular weight excluding hydrogens is 388 g/mol. The molecule has 1 fully saturated rings. The molecule has 0 saturated carbocycles. The Hall–Kier alpha value is -3.68. The van der Waals surface area contributed by atoms with Crippen LogP contribution in [0.1, 0.15) is 35.7 Å². The molecule has 0 aliphatic carbocycles. The van der Waals surface area contributed by atoms with Gasteiger partial charge in [0.1, 0.15) is 5.75 Å². The number of carbonyl (C=O) groups is 4. The minimum absolute atomic E-state index is 0.182. The molecule has 1 heterocycles. The molecule has 0 bridgehead atoms. The summed E-state index contributed by atoms with van der Waals surface area (Å²) in [5, 5.41) is 2.69. The van der Waals surface area contributed by atoms with Crippen molar-refractivity contribution in [2.75, 3.05) is 17.3 Å². The summed E-state index contributed by atoms with van der Waals surface area (Å²) in [5.41, 5.74) is 2.02. The van der Waals surface area contributed by atoms with Crippen molar-refractivity contribution in [3.05, 3.63) is 53.6 Å². The Bertz CT molecular complexity index is 983. The fourth-order valence-corrected chi connectivity index (χ4v) is 3.05. The lowest BCUT2D eigenvalue weighted by Crippen LogP contribution is -2.30. The maximum absolute atomic E-state index is 12.4. The number of methoxy groups -OCH3 is 1. The summed E-state index contributed by atoms with van der Waals surface area (Å²) >= 11 is 0. The van der Waals surface area contributed by atoms with Gasteiger partial charge < -0.3 is 14.8 Å². The van der Waals surface area contributed by atoms with Gasteiger partial charge in [-0.1, -0.05) is 6.07 Å². The highest BCUT2D eigenvalue weighted by molar-refractivity contribution is 6.19. The quantitative estimate of drug-likeness (QED) is 0.580. The van der Waals surface area contributed by atoms with Gasteiger partial charge in [0.25, 0.3) is 5.91 Å². The van der Waals surface area contributed by atoms with Crippen molar-refractivity contribution in [2.24, 2.45) is 0 Å². The Morgan fingerprint density at radius 1 is 1.03 bits per heavy atom. The van der Waals surface area contributed by atoms with Gasteiger partial charge in [-0.2, -0.15) is 0 Å². The number of ether oxygens (including phenoxy) is 2. The molecule has 3 rings (SSSR count). The molecule has 0 aromatic heterocycles. The zero-order valence-corrected chi connectivity index (χ0v) is 16.9. The lowest BCUT2D eigenvalue weighted by molar-refractivity contribution is -0.124. The van der Waals surface area contributed by atoms with E-state index in [-0.39, 0.29) is 30.2 Å². The van der Waals surface area contributed by atoms with Crippen LogP contribution in [0, 0.1) is 6.92 Å². The minimum atomic E-state index is -1.05. The number of carbonyl (C=O) groups excluding carboxylic acids is 4. The molecule has 1 aliphatic heterocycles. The van der Waals surface area contributed by atoms with E-state index in [1.807, 2.05) is 13.0 Å². The molecule has 8 heteroatoms. The Morgan fingerprint density at radius 2 is 1.67 bits per heavy atom. The van der Waals surface area contributed by atoms with Crippen molar-refractivity contribution in [1.82, 2.24) is 0 Å². The first-order valence-electron chi connectivity index (χ1n) is 9.42. The van der Waals surface area contributed by atoms with Crippen LogP contribution in [0.2, 0.25) is 0 Å². The van der Waals surface area contributed by atoms with Crippen LogP contribution in [0.4, 0.5) is 11.4 Å². The first-order chi connectivity index (χ1) is 14.3. The molecule has 3 amide bonds. The fraction of sp³-hybridized carbons (Fsp3) is 0.273. The summed E-state index contributed by atoms with van der Waals surface area (Å²) in [5.74, 6) is -1.25. The lowest BCUT2D eigenvalue weighted by atomic mass is 10.2. The summed E-state index contributed by atoms with van der Waals surface area (Å²) in [6.07, 6.45) is -0.689. The van der Waals surface area contributed by atoms with Crippen molar-refractivity contribution in [2.45, 2.75) is 32.8 Å². The maximum Gasteiger partial charge on any atom is 0.338 e. The standard InChI is InChI=1S/C22H22N2O6/c1-13-4-9-18(29-3)17(12-13)23-21(27)14(2)30-22(28)15-5-7-16(8-6-15)24-19(25)10-11-20(24)26/h4-9,12,14H,10-11H2,1-3H3,(H,23,27)/t14-/m1/s1. The van der Waals surface area contributed by atoms with Crippen LogP contribution in [0.25, 0.3) is 0 Å². The number of aryl methyl sites for hydroxylation is 1. The second-order valence-corrected chi connectivity index (χ2v) is 6.91. The minimum Gasteiger partial charge on any atom is -0.495 e. The molecule has 1 saturated heterocycles. The van der Waals surface area contributed by atoms with E-state index >= 15 is 0 Å². The molecule has 0 spiro atoms. The number of esters is 1. The molecular formula is C22H22N2O6. The average Bonchev–Trinajstić information content (AvgIpc) is 3.06. The van der Waals surface area contributed by atoms with E-state index in [2.05, 4.69) is 5.32 Å². The van der Waals surface area contributed by atoms with Gasteiger partial charge in [-0.25, -0.2) is 4.79 Å². The Balaban J connectivity index is 1.64. The Kier molecular flexibility index (Phi) is 6.15. The summed E-state index contributed by atoms with van der Waals surface area (Å²) in [6, 6.07) is 11.2.